The number of nitrogen functional groups attached to an aromatic ring is 1. The molecular weight excluding hydrogens is 516 g/mol. The van der Waals surface area contributed by atoms with Gasteiger partial charge in [-0.1, -0.05) is 6.08 Å². The second kappa shape index (κ2) is 10.4. The van der Waals surface area contributed by atoms with Crippen molar-refractivity contribution in [3.63, 3.8) is 0 Å². The number of allylic oxidation sites excluding steroid dienone is 1. The number of carbonyl (C=O) groups is 1. The molecule has 1 amide bonds. The zero-order valence-electron chi connectivity index (χ0n) is 21.4. The average molecular weight is 542 g/mol. The molecule has 2 aromatic heterocycles. The van der Waals surface area contributed by atoms with E-state index in [-0.39, 0.29) is 29.1 Å². The maximum absolute atomic E-state index is 14.0. The van der Waals surface area contributed by atoms with Gasteiger partial charge >= 0.3 is 0 Å². The van der Waals surface area contributed by atoms with Gasteiger partial charge < -0.3 is 15.4 Å². The van der Waals surface area contributed by atoms with Gasteiger partial charge in [-0.05, 0) is 68.0 Å². The molecule has 0 unspecified atom stereocenters. The largest absolute Gasteiger partial charge is 0.454 e. The summed E-state index contributed by atoms with van der Waals surface area (Å²) in [4.78, 5) is 23.5. The smallest absolute Gasteiger partial charge is 0.264 e. The Labute approximate surface area is 228 Å². The van der Waals surface area contributed by atoms with Crippen molar-refractivity contribution < 1.29 is 18.3 Å². The van der Waals surface area contributed by atoms with Crippen LogP contribution in [-0.2, 0) is 4.79 Å². The molecule has 1 aliphatic carbocycles. The zero-order valence-corrected chi connectivity index (χ0v) is 21.4. The molecule has 40 heavy (non-hydrogen) atoms. The van der Waals surface area contributed by atoms with Crippen LogP contribution in [0, 0.1) is 28.9 Å². The molecule has 0 bridgehead atoms. The molecule has 2 aromatic carbocycles. The normalized spacial score (nSPS) is 17.6. The van der Waals surface area contributed by atoms with Crippen molar-refractivity contribution in [2.75, 3.05) is 18.8 Å². The Hall–Kier alpha value is -4.85. The van der Waals surface area contributed by atoms with Crippen molar-refractivity contribution in [3.05, 3.63) is 72.1 Å². The van der Waals surface area contributed by atoms with E-state index in [2.05, 4.69) is 16.0 Å². The molecule has 1 saturated heterocycles. The van der Waals surface area contributed by atoms with Gasteiger partial charge in [0.15, 0.2) is 17.2 Å². The van der Waals surface area contributed by atoms with Crippen molar-refractivity contribution in [2.45, 2.75) is 31.7 Å². The summed E-state index contributed by atoms with van der Waals surface area (Å²) < 4.78 is 34.9. The first kappa shape index (κ1) is 25.4. The summed E-state index contributed by atoms with van der Waals surface area (Å²) in [6, 6.07) is 11.6. The number of nitrogens with two attached hydrogens (primary N) is 1. The Morgan fingerprint density at radius 3 is 2.67 bits per heavy atom. The van der Waals surface area contributed by atoms with Crippen molar-refractivity contribution in [2.24, 2.45) is 5.92 Å². The third-order valence-electron chi connectivity index (χ3n) is 7.17. The highest BCUT2D eigenvalue weighted by Crippen LogP contribution is 2.36. The van der Waals surface area contributed by atoms with Crippen LogP contribution in [0.25, 0.3) is 22.3 Å². The predicted octanol–water partition coefficient (Wildman–Crippen LogP) is 5.17. The van der Waals surface area contributed by atoms with Crippen LogP contribution in [0.3, 0.4) is 0 Å². The fraction of sp³-hybridized carbons (Fsp3) is 0.276. The number of carbonyl (C=O) groups excluding carboxylic acids is 1. The number of aromatic nitrogens is 4. The quantitative estimate of drug-likeness (QED) is 0.264. The fourth-order valence-electron chi connectivity index (χ4n) is 4.98. The Kier molecular flexibility index (Phi) is 6.59. The molecule has 1 atom stereocenters. The van der Waals surface area contributed by atoms with E-state index < -0.39 is 11.6 Å². The monoisotopic (exact) mass is 541 g/mol. The van der Waals surface area contributed by atoms with Gasteiger partial charge in [0.1, 0.15) is 41.0 Å². The van der Waals surface area contributed by atoms with Gasteiger partial charge in [-0.3, -0.25) is 4.79 Å². The zero-order chi connectivity index (χ0) is 27.8. The SMILES string of the molecule is N#C/C(=C\C1CC1)C(=O)N1CCC[C@@H](n2nc(-c3ccc(Oc4cc(F)ccc4F)cc3)c3c(N)ncnc32)C1. The molecular formula is C29H25F2N7O2. The standard InChI is InChI=1S/C29H25F2N7O2/c30-20-7-10-23(31)24(13-20)40-22-8-5-18(6-9-22)26-25-27(33)34-16-35-28(25)38(36-26)21-2-1-11-37(15-21)29(39)19(14-32)12-17-3-4-17/h5-10,12-13,16-17,21H,1-4,11,15H2,(H2,33,34,35)/b19-12+/t21-/m1/s1. The van der Waals surface area contributed by atoms with Gasteiger partial charge in [0.25, 0.3) is 5.91 Å². The van der Waals surface area contributed by atoms with Crippen LogP contribution in [0.5, 0.6) is 11.5 Å². The highest BCUT2D eigenvalue weighted by atomic mass is 19.1. The maximum Gasteiger partial charge on any atom is 0.264 e. The Morgan fingerprint density at radius 1 is 1.12 bits per heavy atom. The van der Waals surface area contributed by atoms with E-state index in [0.29, 0.717) is 47.0 Å². The first-order valence-corrected chi connectivity index (χ1v) is 13.0. The first-order valence-electron chi connectivity index (χ1n) is 13.0. The number of amides is 1. The summed E-state index contributed by atoms with van der Waals surface area (Å²) in [6.07, 6.45) is 6.71. The lowest BCUT2D eigenvalue weighted by atomic mass is 10.0. The molecule has 9 nitrogen and oxygen atoms in total. The lowest BCUT2D eigenvalue weighted by molar-refractivity contribution is -0.128. The highest BCUT2D eigenvalue weighted by molar-refractivity contribution is 5.99. The Bertz CT molecular complexity index is 1670. The van der Waals surface area contributed by atoms with E-state index in [1.54, 1.807) is 39.9 Å². The molecule has 6 rings (SSSR count). The number of fused-ring (bicyclic) bond motifs is 1. The van der Waals surface area contributed by atoms with Crippen LogP contribution < -0.4 is 10.5 Å². The van der Waals surface area contributed by atoms with Gasteiger partial charge in [-0.15, -0.1) is 0 Å². The van der Waals surface area contributed by atoms with Gasteiger partial charge in [0.2, 0.25) is 0 Å². The third-order valence-corrected chi connectivity index (χ3v) is 7.17. The molecule has 1 saturated carbocycles. The molecule has 202 valence electrons. The number of ether oxygens (including phenoxy) is 1. The number of hydrogen-bond acceptors (Lipinski definition) is 7. The van der Waals surface area contributed by atoms with Gasteiger partial charge in [0, 0.05) is 24.7 Å². The lowest BCUT2D eigenvalue weighted by Gasteiger charge is -2.32. The summed E-state index contributed by atoms with van der Waals surface area (Å²) in [7, 11) is 0. The topological polar surface area (TPSA) is 123 Å². The van der Waals surface area contributed by atoms with Crippen molar-refractivity contribution >= 4 is 22.8 Å². The van der Waals surface area contributed by atoms with Crippen LogP contribution >= 0.6 is 0 Å². The summed E-state index contributed by atoms with van der Waals surface area (Å²) in [5.74, 6) is -0.859. The maximum atomic E-state index is 14.0. The van der Waals surface area contributed by atoms with Gasteiger partial charge in [-0.2, -0.15) is 10.4 Å². The molecule has 2 aliphatic rings. The minimum Gasteiger partial charge on any atom is -0.454 e. The summed E-state index contributed by atoms with van der Waals surface area (Å²) in [5.41, 5.74) is 8.25. The molecule has 1 aliphatic heterocycles. The van der Waals surface area contributed by atoms with E-state index in [1.807, 2.05) is 0 Å². The number of rotatable bonds is 6. The van der Waals surface area contributed by atoms with Crippen LogP contribution in [0.15, 0.2) is 60.4 Å². The number of benzene rings is 2. The lowest BCUT2D eigenvalue weighted by Crippen LogP contribution is -2.41. The molecule has 11 heteroatoms. The molecule has 2 fully saturated rings. The van der Waals surface area contributed by atoms with E-state index in [9.17, 15) is 18.8 Å². The van der Waals surface area contributed by atoms with Crippen LogP contribution in [0.1, 0.15) is 31.7 Å². The first-order chi connectivity index (χ1) is 19.4. The van der Waals surface area contributed by atoms with Gasteiger partial charge in [-0.25, -0.2) is 23.4 Å². The van der Waals surface area contributed by atoms with Crippen molar-refractivity contribution in [3.8, 4) is 28.8 Å². The molecule has 3 heterocycles. The number of halogens is 2. The molecule has 4 aromatic rings. The van der Waals surface area contributed by atoms with E-state index in [0.717, 1.165) is 43.9 Å². The van der Waals surface area contributed by atoms with E-state index in [4.69, 9.17) is 15.6 Å². The summed E-state index contributed by atoms with van der Waals surface area (Å²) in [6.45, 7) is 0.949. The predicted molar refractivity (Wildman–Crippen MR) is 143 cm³/mol. The number of nitriles is 1. The molecule has 0 radical (unpaired) electrons. The van der Waals surface area contributed by atoms with Crippen molar-refractivity contribution in [1.82, 2.24) is 24.6 Å². The van der Waals surface area contributed by atoms with E-state index >= 15 is 0 Å². The Morgan fingerprint density at radius 2 is 1.93 bits per heavy atom. The second-order valence-electron chi connectivity index (χ2n) is 10.0. The van der Waals surface area contributed by atoms with Crippen LogP contribution in [-0.4, -0.2) is 43.6 Å². The summed E-state index contributed by atoms with van der Waals surface area (Å²) in [5, 5.41) is 15.0. The average Bonchev–Trinajstić information content (AvgIpc) is 3.71. The molecule has 0 spiro atoms. The second-order valence-corrected chi connectivity index (χ2v) is 10.0. The van der Waals surface area contributed by atoms with Crippen LogP contribution in [0.2, 0.25) is 0 Å². The third kappa shape index (κ3) is 4.96. The minimum atomic E-state index is -0.676. The number of likely N-dealkylation sites (tertiary alicyclic amines) is 1. The minimum absolute atomic E-state index is 0.178. The van der Waals surface area contributed by atoms with E-state index in [1.165, 1.54) is 6.33 Å². The number of hydrogen-bond donors (Lipinski definition) is 1. The highest BCUT2D eigenvalue weighted by Gasteiger charge is 2.31. The summed E-state index contributed by atoms with van der Waals surface area (Å²) >= 11 is 0. The number of nitrogens with zero attached hydrogens (tertiary/aromatic N) is 6. The van der Waals surface area contributed by atoms with Crippen molar-refractivity contribution in [1.29, 1.82) is 5.26 Å². The van der Waals surface area contributed by atoms with Crippen LogP contribution in [0.4, 0.5) is 14.6 Å². The molecule has 2 N–H and O–H groups in total. The Balaban J connectivity index is 1.30. The number of piperidine rings is 1. The fourth-order valence-corrected chi connectivity index (χ4v) is 4.98. The number of anilines is 1. The van der Waals surface area contributed by atoms with Gasteiger partial charge in [0.05, 0.1) is 11.4 Å².